The first-order valence-corrected chi connectivity index (χ1v) is 10.6. The van der Waals surface area contributed by atoms with Crippen LogP contribution in [-0.4, -0.2) is 39.8 Å². The largest absolute Gasteiger partial charge is 0.507 e. The first-order chi connectivity index (χ1) is 15.6. The van der Waals surface area contributed by atoms with Crippen LogP contribution in [-0.2, 0) is 16.0 Å². The third kappa shape index (κ3) is 4.25. The zero-order valence-electron chi connectivity index (χ0n) is 17.8. The van der Waals surface area contributed by atoms with Crippen molar-refractivity contribution in [1.29, 1.82) is 0 Å². The van der Waals surface area contributed by atoms with Gasteiger partial charge < -0.3 is 14.7 Å². The number of ketones is 1. The lowest BCUT2D eigenvalue weighted by molar-refractivity contribution is -0.139. The molecule has 1 aliphatic heterocycles. The summed E-state index contributed by atoms with van der Waals surface area (Å²) in [7, 11) is 0. The van der Waals surface area contributed by atoms with Gasteiger partial charge in [0.1, 0.15) is 11.5 Å². The third-order valence-corrected chi connectivity index (χ3v) is 5.48. The Morgan fingerprint density at radius 3 is 2.34 bits per heavy atom. The molecule has 0 aliphatic carbocycles. The zero-order valence-corrected chi connectivity index (χ0v) is 17.8. The Kier molecular flexibility index (Phi) is 6.31. The quantitative estimate of drug-likeness (QED) is 0.348. The van der Waals surface area contributed by atoms with Crippen molar-refractivity contribution < 1.29 is 19.4 Å². The Labute approximate surface area is 186 Å². The van der Waals surface area contributed by atoms with Crippen molar-refractivity contribution in [2.45, 2.75) is 19.4 Å². The van der Waals surface area contributed by atoms with E-state index in [-0.39, 0.29) is 11.3 Å². The average Bonchev–Trinajstić information content (AvgIpc) is 3.09. The molecule has 1 unspecified atom stereocenters. The van der Waals surface area contributed by atoms with Gasteiger partial charge in [0.05, 0.1) is 18.2 Å². The predicted octanol–water partition coefficient (Wildman–Crippen LogP) is 4.14. The van der Waals surface area contributed by atoms with E-state index in [0.29, 0.717) is 30.9 Å². The van der Waals surface area contributed by atoms with Crippen LogP contribution in [0.3, 0.4) is 0 Å². The molecule has 1 aromatic heterocycles. The topological polar surface area (TPSA) is 79.7 Å². The molecule has 1 atom stereocenters. The highest BCUT2D eigenvalue weighted by molar-refractivity contribution is 6.46. The van der Waals surface area contributed by atoms with Crippen molar-refractivity contribution in [3.63, 3.8) is 0 Å². The Morgan fingerprint density at radius 2 is 1.69 bits per heavy atom. The second kappa shape index (κ2) is 9.47. The Hall–Kier alpha value is -3.93. The molecule has 6 heteroatoms. The van der Waals surface area contributed by atoms with Crippen LogP contribution >= 0.6 is 0 Å². The normalized spacial score (nSPS) is 17.5. The van der Waals surface area contributed by atoms with Gasteiger partial charge in [0.25, 0.3) is 11.7 Å². The number of amides is 1. The number of Topliss-reactive ketones (excluding diaryl/α,β-unsaturated/α-hetero) is 1. The van der Waals surface area contributed by atoms with E-state index < -0.39 is 17.7 Å². The number of benzene rings is 2. The summed E-state index contributed by atoms with van der Waals surface area (Å²) >= 11 is 0. The molecule has 32 heavy (non-hydrogen) atoms. The van der Waals surface area contributed by atoms with Crippen molar-refractivity contribution in [2.75, 3.05) is 13.2 Å². The highest BCUT2D eigenvalue weighted by Crippen LogP contribution is 2.39. The van der Waals surface area contributed by atoms with Gasteiger partial charge in [-0.15, -0.1) is 0 Å². The number of hydrogen-bond acceptors (Lipinski definition) is 5. The molecule has 1 amide bonds. The van der Waals surface area contributed by atoms with Crippen LogP contribution in [0.4, 0.5) is 0 Å². The van der Waals surface area contributed by atoms with Gasteiger partial charge in [-0.05, 0) is 48.7 Å². The van der Waals surface area contributed by atoms with Gasteiger partial charge in [0.15, 0.2) is 0 Å². The minimum Gasteiger partial charge on any atom is -0.507 e. The predicted molar refractivity (Wildman–Crippen MR) is 121 cm³/mol. The third-order valence-electron chi connectivity index (χ3n) is 5.48. The molecule has 1 fully saturated rings. The lowest BCUT2D eigenvalue weighted by Gasteiger charge is -2.25. The van der Waals surface area contributed by atoms with Crippen LogP contribution in [0, 0.1) is 0 Å². The van der Waals surface area contributed by atoms with Crippen LogP contribution in [0.2, 0.25) is 0 Å². The molecule has 0 spiro atoms. The van der Waals surface area contributed by atoms with Crippen molar-refractivity contribution in [3.05, 3.63) is 101 Å². The van der Waals surface area contributed by atoms with E-state index in [9.17, 15) is 14.7 Å². The molecule has 0 saturated carbocycles. The van der Waals surface area contributed by atoms with Gasteiger partial charge in [-0.3, -0.25) is 14.6 Å². The molecule has 1 N–H and O–H groups in total. The number of rotatable bonds is 7. The van der Waals surface area contributed by atoms with E-state index >= 15 is 0 Å². The number of likely N-dealkylation sites (tertiary alicyclic amines) is 1. The van der Waals surface area contributed by atoms with Crippen molar-refractivity contribution in [1.82, 2.24) is 9.88 Å². The Morgan fingerprint density at radius 1 is 1.00 bits per heavy atom. The molecular weight excluding hydrogens is 404 g/mol. The smallest absolute Gasteiger partial charge is 0.295 e. The molecule has 0 bridgehead atoms. The van der Waals surface area contributed by atoms with E-state index in [4.69, 9.17) is 4.74 Å². The lowest BCUT2D eigenvalue weighted by Crippen LogP contribution is -2.31. The number of pyridine rings is 1. The highest BCUT2D eigenvalue weighted by Gasteiger charge is 2.45. The molecule has 0 radical (unpaired) electrons. The molecule has 4 rings (SSSR count). The molecule has 2 heterocycles. The number of aromatic nitrogens is 1. The second-order valence-corrected chi connectivity index (χ2v) is 7.47. The van der Waals surface area contributed by atoms with E-state index in [1.54, 1.807) is 12.1 Å². The van der Waals surface area contributed by atoms with Crippen molar-refractivity contribution >= 4 is 17.4 Å². The van der Waals surface area contributed by atoms with E-state index in [0.717, 1.165) is 11.1 Å². The maximum absolute atomic E-state index is 13.0. The van der Waals surface area contributed by atoms with Gasteiger partial charge in [-0.2, -0.15) is 0 Å². The van der Waals surface area contributed by atoms with Crippen molar-refractivity contribution in [3.8, 4) is 5.75 Å². The molecule has 3 aromatic rings. The zero-order chi connectivity index (χ0) is 22.5. The summed E-state index contributed by atoms with van der Waals surface area (Å²) in [6, 6.07) is 19.6. The first kappa shape index (κ1) is 21.3. The van der Waals surface area contributed by atoms with E-state index in [1.807, 2.05) is 61.5 Å². The summed E-state index contributed by atoms with van der Waals surface area (Å²) in [6.45, 7) is 2.79. The summed E-state index contributed by atoms with van der Waals surface area (Å²) in [4.78, 5) is 31.6. The minimum absolute atomic E-state index is 0.0819. The fourth-order valence-electron chi connectivity index (χ4n) is 3.93. The maximum Gasteiger partial charge on any atom is 0.295 e. The summed E-state index contributed by atoms with van der Waals surface area (Å²) in [5, 5.41) is 11.0. The molecule has 1 aliphatic rings. The standard InChI is InChI=1S/C26H24N2O4/c1-2-32-21-10-8-19(9-11-21)23-22(24(29)20-12-15-27-16-13-20)25(30)26(31)28(23)17-14-18-6-4-3-5-7-18/h3-13,15-16,23,29H,2,14,17H2,1H3. The van der Waals surface area contributed by atoms with Gasteiger partial charge in [-0.1, -0.05) is 42.5 Å². The number of carbonyl (C=O) groups excluding carboxylic acids is 2. The molecule has 162 valence electrons. The fraction of sp³-hybridized carbons (Fsp3) is 0.192. The molecule has 6 nitrogen and oxygen atoms in total. The Bertz CT molecular complexity index is 1130. The molecule has 2 aromatic carbocycles. The van der Waals surface area contributed by atoms with E-state index in [1.165, 1.54) is 17.3 Å². The summed E-state index contributed by atoms with van der Waals surface area (Å²) in [5.41, 5.74) is 2.32. The fourth-order valence-corrected chi connectivity index (χ4v) is 3.93. The highest BCUT2D eigenvalue weighted by atomic mass is 16.5. The summed E-state index contributed by atoms with van der Waals surface area (Å²) < 4.78 is 5.53. The van der Waals surface area contributed by atoms with E-state index in [2.05, 4.69) is 4.98 Å². The molecular formula is C26H24N2O4. The SMILES string of the molecule is CCOc1ccc(C2C(=C(O)c3ccncc3)C(=O)C(=O)N2CCc2ccccc2)cc1. The Balaban J connectivity index is 1.76. The monoisotopic (exact) mass is 428 g/mol. The summed E-state index contributed by atoms with van der Waals surface area (Å²) in [6.07, 6.45) is 3.66. The number of nitrogens with zero attached hydrogens (tertiary/aromatic N) is 2. The maximum atomic E-state index is 13.0. The van der Waals surface area contributed by atoms with Crippen LogP contribution in [0.15, 0.2) is 84.7 Å². The number of hydrogen-bond donors (Lipinski definition) is 1. The number of carbonyl (C=O) groups is 2. The minimum atomic E-state index is -0.692. The number of aliphatic hydroxyl groups excluding tert-OH is 1. The van der Waals surface area contributed by atoms with Crippen LogP contribution in [0.1, 0.15) is 29.7 Å². The number of aliphatic hydroxyl groups is 1. The van der Waals surface area contributed by atoms with Crippen LogP contribution < -0.4 is 4.74 Å². The lowest BCUT2D eigenvalue weighted by atomic mass is 9.95. The van der Waals surface area contributed by atoms with Crippen LogP contribution in [0.5, 0.6) is 5.75 Å². The van der Waals surface area contributed by atoms with Gasteiger partial charge >= 0.3 is 0 Å². The second-order valence-electron chi connectivity index (χ2n) is 7.47. The van der Waals surface area contributed by atoms with Crippen molar-refractivity contribution in [2.24, 2.45) is 0 Å². The number of ether oxygens (including phenoxy) is 1. The van der Waals surface area contributed by atoms with Gasteiger partial charge in [0, 0.05) is 24.5 Å². The first-order valence-electron chi connectivity index (χ1n) is 10.6. The van der Waals surface area contributed by atoms with Crippen LogP contribution in [0.25, 0.3) is 5.76 Å². The van der Waals surface area contributed by atoms with Gasteiger partial charge in [0.2, 0.25) is 0 Å². The average molecular weight is 428 g/mol. The summed E-state index contributed by atoms with van der Waals surface area (Å²) in [5.74, 6) is -0.805. The molecule has 1 saturated heterocycles. The van der Waals surface area contributed by atoms with Gasteiger partial charge in [-0.25, -0.2) is 0 Å².